The van der Waals surface area contributed by atoms with Gasteiger partial charge in [0.15, 0.2) is 0 Å². The summed E-state index contributed by atoms with van der Waals surface area (Å²) in [6, 6.07) is 31.4. The van der Waals surface area contributed by atoms with Crippen molar-refractivity contribution in [3.8, 4) is 22.3 Å². The fourth-order valence-corrected chi connectivity index (χ4v) is 5.83. The van der Waals surface area contributed by atoms with E-state index in [1.165, 1.54) is 11.1 Å². The Morgan fingerprint density at radius 2 is 0.885 bits per heavy atom. The summed E-state index contributed by atoms with van der Waals surface area (Å²) in [4.78, 5) is 0. The molecule has 0 fully saturated rings. The quantitative estimate of drug-likeness (QED) is 0.0829. The molecule has 6 rings (SSSR count). The van der Waals surface area contributed by atoms with Gasteiger partial charge in [-0.1, -0.05) is 87.1 Å². The summed E-state index contributed by atoms with van der Waals surface area (Å²) in [5.41, 5.74) is 5.18. The van der Waals surface area contributed by atoms with Gasteiger partial charge in [-0.2, -0.15) is 38.5 Å². The zero-order valence-electron chi connectivity index (χ0n) is 29.7. The third kappa shape index (κ3) is 12.7. The van der Waals surface area contributed by atoms with E-state index in [1.54, 1.807) is 47.6 Å². The van der Waals surface area contributed by atoms with Gasteiger partial charge < -0.3 is 24.8 Å². The predicted molar refractivity (Wildman–Crippen MR) is 195 cm³/mol. The van der Waals surface area contributed by atoms with Crippen LogP contribution in [0.3, 0.4) is 0 Å². The maximum atomic E-state index is 12.7. The number of fused-ring (bicyclic) bond motifs is 2. The van der Waals surface area contributed by atoms with Gasteiger partial charge in [0.25, 0.3) is 0 Å². The normalized spacial score (nSPS) is 11.2. The zero-order valence-corrected chi connectivity index (χ0v) is 34.6. The Labute approximate surface area is 331 Å². The molecule has 0 amide bonds. The first-order valence-corrected chi connectivity index (χ1v) is 23.1. The smallest absolute Gasteiger partial charge is 1.00 e. The Hall–Kier alpha value is -2.64. The van der Waals surface area contributed by atoms with Gasteiger partial charge in [-0.15, -0.1) is 69.1 Å². The van der Waals surface area contributed by atoms with Crippen molar-refractivity contribution in [2.24, 2.45) is 0 Å². The van der Waals surface area contributed by atoms with Crippen molar-refractivity contribution in [1.29, 1.82) is 0 Å². The second-order valence-corrected chi connectivity index (χ2v) is 22.1. The fraction of sp³-hybridized carbons (Fsp3) is 0.286. The third-order valence-corrected chi connectivity index (χ3v) is 8.31. The minimum atomic E-state index is -4.29. The molecule has 0 saturated carbocycles. The molecule has 0 aliphatic carbocycles. The Bertz CT molecular complexity index is 1850. The second-order valence-electron chi connectivity index (χ2n) is 12.7. The number of hydrogen-bond acceptors (Lipinski definition) is 0. The second kappa shape index (κ2) is 20.7. The average molecular weight is 851 g/mol. The first-order chi connectivity index (χ1) is 23.7. The predicted octanol–water partition coefficient (Wildman–Crippen LogP) is 7.97. The average Bonchev–Trinajstić information content (AvgIpc) is 3.69. The molecule has 0 saturated heterocycles. The molecule has 0 aromatic heterocycles. The fourth-order valence-electron chi connectivity index (χ4n) is 5.83. The van der Waals surface area contributed by atoms with Crippen molar-refractivity contribution in [3.63, 3.8) is 0 Å². The topological polar surface area (TPSA) is 0 Å². The van der Waals surface area contributed by atoms with Gasteiger partial charge in [-0.25, -0.2) is 0 Å². The standard InChI is InChI=1S/2C20H18F3.C2H6Si.2ClH.Zr/c2*1-2-3-5-14-12-16-6-4-7-18(19(16)13-14)15-8-10-17(11-9-15)20(21,22)23;1-3-2;;;/h2*4,6-13H,2-3,5H2,1H3;1-2H3;2*1H;/q2*-1;;;;+2/p-2. The molecule has 6 aromatic rings. The van der Waals surface area contributed by atoms with Crippen LogP contribution in [0.5, 0.6) is 0 Å². The molecule has 0 aliphatic heterocycles. The Balaban J connectivity index is 0.000000316. The van der Waals surface area contributed by atoms with Crippen molar-refractivity contribution >= 4 is 27.0 Å². The Morgan fingerprint density at radius 1 is 0.558 bits per heavy atom. The molecule has 0 radical (unpaired) electrons. The molecule has 0 atom stereocenters. The van der Waals surface area contributed by atoms with E-state index in [-0.39, 0.29) is 30.2 Å². The van der Waals surface area contributed by atoms with Gasteiger partial charge in [0.2, 0.25) is 0 Å². The van der Waals surface area contributed by atoms with Crippen LogP contribution in [0.4, 0.5) is 26.3 Å². The summed E-state index contributed by atoms with van der Waals surface area (Å²) in [6.07, 6.45) is -1.93. The van der Waals surface area contributed by atoms with E-state index >= 15 is 0 Å². The number of unbranched alkanes of at least 4 members (excludes halogenated alkanes) is 2. The van der Waals surface area contributed by atoms with Gasteiger partial charge in [0.1, 0.15) is 0 Å². The first-order valence-electron chi connectivity index (χ1n) is 16.9. The number of hydrogen-bond donors (Lipinski definition) is 0. The molecule has 0 spiro atoms. The Kier molecular flexibility index (Phi) is 18.1. The van der Waals surface area contributed by atoms with Gasteiger partial charge >= 0.3 is 54.2 Å². The minimum Gasteiger partial charge on any atom is -1.00 e. The van der Waals surface area contributed by atoms with E-state index in [1.807, 2.05) is 24.3 Å². The zero-order chi connectivity index (χ0) is 36.5. The molecule has 52 heavy (non-hydrogen) atoms. The summed E-state index contributed by atoms with van der Waals surface area (Å²) in [6.45, 7) is 8.94. The molecule has 10 heteroatoms. The van der Waals surface area contributed by atoms with Crippen molar-refractivity contribution in [3.05, 3.63) is 131 Å². The molecule has 0 N–H and O–H groups in total. The van der Waals surface area contributed by atoms with Crippen LogP contribution < -0.4 is 24.8 Å². The van der Waals surface area contributed by atoms with E-state index in [9.17, 15) is 26.3 Å². The van der Waals surface area contributed by atoms with E-state index < -0.39 is 23.5 Å². The van der Waals surface area contributed by atoms with Crippen LogP contribution in [0.2, 0.25) is 13.1 Å². The van der Waals surface area contributed by atoms with Crippen LogP contribution in [0.1, 0.15) is 61.8 Å². The molecule has 0 bridgehead atoms. The van der Waals surface area contributed by atoms with Crippen LogP contribution in [-0.2, 0) is 48.5 Å². The molecule has 0 heterocycles. The summed E-state index contributed by atoms with van der Waals surface area (Å²) >= 11 is 1.74. The number of halogens is 8. The summed E-state index contributed by atoms with van der Waals surface area (Å²) in [5, 5.41) is 4.51. The van der Waals surface area contributed by atoms with Crippen molar-refractivity contribution in [2.45, 2.75) is 77.8 Å². The molecule has 6 aromatic carbocycles. The SMILES string of the molecule is CCCCc1cc2c(-c3ccc(C(F)(F)F)cc3)cccc2[cH-]1.CCCCc1cc2c(-c3ccc(C(F)(F)F)cc3)cccc2[cH-]1.C[Si](C)=[Zr+2].[Cl-].[Cl-]. The molecular weight excluding hydrogens is 809 g/mol. The molecule has 0 unspecified atom stereocenters. The molecule has 276 valence electrons. The number of benzene rings is 4. The van der Waals surface area contributed by atoms with Gasteiger partial charge in [-0.05, 0) is 48.2 Å². The monoisotopic (exact) mass is 848 g/mol. The van der Waals surface area contributed by atoms with Crippen molar-refractivity contribution < 1.29 is 74.5 Å². The summed E-state index contributed by atoms with van der Waals surface area (Å²) in [7, 11) is 0. The molecule has 0 aliphatic rings. The maximum Gasteiger partial charge on any atom is -1.00 e. The van der Waals surface area contributed by atoms with Crippen LogP contribution >= 0.6 is 0 Å². The molecular formula is C42H42Cl2F6SiZr-2. The van der Waals surface area contributed by atoms with Crippen LogP contribution in [0, 0.1) is 0 Å². The largest absolute Gasteiger partial charge is 1.00 e. The number of alkyl halides is 6. The van der Waals surface area contributed by atoms with Gasteiger partial charge in [0, 0.05) is 0 Å². The molecule has 0 nitrogen and oxygen atoms in total. The first kappa shape index (κ1) is 45.5. The van der Waals surface area contributed by atoms with E-state index in [2.05, 4.69) is 63.3 Å². The maximum absolute atomic E-state index is 12.7. The van der Waals surface area contributed by atoms with E-state index in [4.69, 9.17) is 0 Å². The van der Waals surface area contributed by atoms with Gasteiger partial charge in [0.05, 0.1) is 11.1 Å². The number of aryl methyl sites for hydroxylation is 2. The van der Waals surface area contributed by atoms with E-state index in [0.717, 1.165) is 107 Å². The number of rotatable bonds is 8. The van der Waals surface area contributed by atoms with Gasteiger partial charge in [-0.3, -0.25) is 0 Å². The van der Waals surface area contributed by atoms with Crippen molar-refractivity contribution in [1.82, 2.24) is 0 Å². The third-order valence-electron chi connectivity index (χ3n) is 8.31. The van der Waals surface area contributed by atoms with Crippen LogP contribution in [-0.4, -0.2) is 5.43 Å². The summed E-state index contributed by atoms with van der Waals surface area (Å²) in [5.74, 6) is 0. The summed E-state index contributed by atoms with van der Waals surface area (Å²) < 4.78 is 76.2. The minimum absolute atomic E-state index is 0. The van der Waals surface area contributed by atoms with Crippen LogP contribution in [0.25, 0.3) is 43.8 Å². The van der Waals surface area contributed by atoms with E-state index in [0.29, 0.717) is 0 Å². The van der Waals surface area contributed by atoms with Crippen LogP contribution in [0.15, 0.2) is 109 Å². The van der Waals surface area contributed by atoms with Crippen molar-refractivity contribution in [2.75, 3.05) is 0 Å². The Morgan fingerprint density at radius 3 is 1.17 bits per heavy atom.